The third kappa shape index (κ3) is 2.76. The smallest absolute Gasteiger partial charge is 0.268 e. The van der Waals surface area contributed by atoms with Gasteiger partial charge in [-0.25, -0.2) is 0 Å². The van der Waals surface area contributed by atoms with Gasteiger partial charge in [-0.2, -0.15) is 0 Å². The fraction of sp³-hybridized carbons (Fsp3) is 0.455. The summed E-state index contributed by atoms with van der Waals surface area (Å²) in [6, 6.07) is 0. The van der Waals surface area contributed by atoms with Crippen molar-refractivity contribution in [1.82, 2.24) is 0 Å². The Labute approximate surface area is 89.1 Å². The van der Waals surface area contributed by atoms with Gasteiger partial charge in [0.15, 0.2) is 0 Å². The molecule has 4 heteroatoms. The van der Waals surface area contributed by atoms with Crippen LogP contribution in [0.15, 0.2) is 36.6 Å². The lowest BCUT2D eigenvalue weighted by molar-refractivity contribution is -0.420. The largest absolute Gasteiger partial charge is 0.364 e. The first-order chi connectivity index (χ1) is 6.99. The summed E-state index contributed by atoms with van der Waals surface area (Å²) in [5.74, 6) is 0. The summed E-state index contributed by atoms with van der Waals surface area (Å²) < 4.78 is 5.66. The van der Waals surface area contributed by atoms with Crippen molar-refractivity contribution in [2.45, 2.75) is 32.0 Å². The van der Waals surface area contributed by atoms with E-state index in [0.717, 1.165) is 0 Å². The molecule has 1 rings (SSSR count). The second-order valence-corrected chi connectivity index (χ2v) is 3.76. The Morgan fingerprint density at radius 1 is 1.73 bits per heavy atom. The lowest BCUT2D eigenvalue weighted by Gasteiger charge is -2.29. The van der Waals surface area contributed by atoms with Crippen molar-refractivity contribution in [3.63, 3.8) is 0 Å². The van der Waals surface area contributed by atoms with Crippen molar-refractivity contribution in [3.8, 4) is 0 Å². The molecule has 0 aromatic rings. The van der Waals surface area contributed by atoms with Gasteiger partial charge in [-0.15, -0.1) is 0 Å². The van der Waals surface area contributed by atoms with E-state index in [1.807, 2.05) is 13.8 Å². The fourth-order valence-corrected chi connectivity index (χ4v) is 1.55. The van der Waals surface area contributed by atoms with Crippen LogP contribution in [-0.2, 0) is 4.74 Å². The van der Waals surface area contributed by atoms with Crippen LogP contribution in [-0.4, -0.2) is 16.6 Å². The van der Waals surface area contributed by atoms with Crippen molar-refractivity contribution < 1.29 is 9.66 Å². The molecular weight excluding hydrogens is 194 g/mol. The van der Waals surface area contributed by atoms with E-state index in [4.69, 9.17) is 4.74 Å². The normalized spacial score (nSPS) is 25.1. The van der Waals surface area contributed by atoms with Crippen LogP contribution in [0.3, 0.4) is 0 Å². The highest BCUT2D eigenvalue weighted by molar-refractivity contribution is 5.28. The summed E-state index contributed by atoms with van der Waals surface area (Å²) in [4.78, 5) is 10.2. The Balaban J connectivity index is 2.97. The molecule has 15 heavy (non-hydrogen) atoms. The molecule has 0 aliphatic heterocycles. The van der Waals surface area contributed by atoms with Crippen molar-refractivity contribution in [3.05, 3.63) is 46.7 Å². The van der Waals surface area contributed by atoms with E-state index >= 15 is 0 Å². The maximum absolute atomic E-state index is 10.6. The third-order valence-corrected chi connectivity index (χ3v) is 2.13. The van der Waals surface area contributed by atoms with E-state index in [9.17, 15) is 10.1 Å². The minimum Gasteiger partial charge on any atom is -0.364 e. The van der Waals surface area contributed by atoms with Crippen LogP contribution in [0, 0.1) is 10.1 Å². The number of nitrogens with zero attached hydrogens (tertiary/aromatic N) is 1. The van der Waals surface area contributed by atoms with Gasteiger partial charge in [0.1, 0.15) is 5.60 Å². The fourth-order valence-electron chi connectivity index (χ4n) is 1.55. The molecule has 0 saturated carbocycles. The number of ether oxygens (including phenoxy) is 1. The molecule has 1 aliphatic carbocycles. The zero-order chi connectivity index (χ0) is 11.5. The summed E-state index contributed by atoms with van der Waals surface area (Å²) in [6.45, 7) is 7.46. The molecule has 1 atom stereocenters. The predicted octanol–water partition coefficient (Wildman–Crippen LogP) is 2.46. The highest BCUT2D eigenvalue weighted by Crippen LogP contribution is 2.28. The first-order valence-corrected chi connectivity index (χ1v) is 4.84. The molecule has 1 unspecified atom stereocenters. The molecule has 0 N–H and O–H groups in total. The molecule has 0 bridgehead atoms. The zero-order valence-electron chi connectivity index (χ0n) is 8.97. The second-order valence-electron chi connectivity index (χ2n) is 3.76. The van der Waals surface area contributed by atoms with Crippen molar-refractivity contribution in [2.24, 2.45) is 0 Å². The van der Waals surface area contributed by atoms with Gasteiger partial charge in [-0.05, 0) is 13.8 Å². The Morgan fingerprint density at radius 2 is 2.40 bits per heavy atom. The molecule has 82 valence electrons. The van der Waals surface area contributed by atoms with Gasteiger partial charge in [-0.3, -0.25) is 10.1 Å². The van der Waals surface area contributed by atoms with Crippen molar-refractivity contribution >= 4 is 0 Å². The molecule has 0 fully saturated rings. The highest BCUT2D eigenvalue weighted by Gasteiger charge is 2.31. The second kappa shape index (κ2) is 4.40. The summed E-state index contributed by atoms with van der Waals surface area (Å²) in [5.41, 5.74) is -0.674. The standard InChI is InChI=1S/C11H15NO3/c1-4-11(15-9(2)3)7-5-6-10(8-11)12(13)14/h4-6,8-9H,1,7H2,2-3H3. The van der Waals surface area contributed by atoms with E-state index in [1.165, 1.54) is 12.2 Å². The van der Waals surface area contributed by atoms with E-state index in [1.54, 1.807) is 12.2 Å². The van der Waals surface area contributed by atoms with Crippen LogP contribution in [0.2, 0.25) is 0 Å². The minimum absolute atomic E-state index is 0.00115. The molecule has 1 aliphatic rings. The molecule has 0 spiro atoms. The highest BCUT2D eigenvalue weighted by atomic mass is 16.6. The van der Waals surface area contributed by atoms with E-state index < -0.39 is 10.5 Å². The summed E-state index contributed by atoms with van der Waals surface area (Å²) >= 11 is 0. The minimum atomic E-state index is -0.731. The van der Waals surface area contributed by atoms with Gasteiger partial charge in [0.25, 0.3) is 5.70 Å². The van der Waals surface area contributed by atoms with Crippen LogP contribution < -0.4 is 0 Å². The molecule has 0 heterocycles. The molecule has 0 aromatic heterocycles. The molecule has 4 nitrogen and oxygen atoms in total. The van der Waals surface area contributed by atoms with E-state index in [0.29, 0.717) is 6.42 Å². The average Bonchev–Trinajstić information content (AvgIpc) is 2.17. The summed E-state index contributed by atoms with van der Waals surface area (Å²) in [5, 5.41) is 10.6. The maximum Gasteiger partial charge on any atom is 0.268 e. The molecular formula is C11H15NO3. The number of hydrogen-bond acceptors (Lipinski definition) is 3. The Kier molecular flexibility index (Phi) is 3.42. The van der Waals surface area contributed by atoms with E-state index in [-0.39, 0.29) is 11.8 Å². The number of nitro groups is 1. The van der Waals surface area contributed by atoms with Crippen molar-refractivity contribution in [2.75, 3.05) is 0 Å². The van der Waals surface area contributed by atoms with Gasteiger partial charge in [0.05, 0.1) is 11.0 Å². The number of rotatable bonds is 4. The lowest BCUT2D eigenvalue weighted by Crippen LogP contribution is -2.32. The first-order valence-electron chi connectivity index (χ1n) is 4.84. The van der Waals surface area contributed by atoms with Crippen LogP contribution in [0.1, 0.15) is 20.3 Å². The third-order valence-electron chi connectivity index (χ3n) is 2.13. The van der Waals surface area contributed by atoms with Gasteiger partial charge in [0, 0.05) is 18.6 Å². The molecule has 0 amide bonds. The van der Waals surface area contributed by atoms with Crippen LogP contribution in [0.25, 0.3) is 0 Å². The van der Waals surface area contributed by atoms with Crippen LogP contribution >= 0.6 is 0 Å². The molecule has 0 saturated heterocycles. The van der Waals surface area contributed by atoms with Gasteiger partial charge in [-0.1, -0.05) is 18.7 Å². The molecule has 0 radical (unpaired) electrons. The SMILES string of the molecule is C=CC1(OC(C)C)C=C([N+](=O)[O-])C=CC1. The number of hydrogen-bond donors (Lipinski definition) is 0. The van der Waals surface area contributed by atoms with Gasteiger partial charge < -0.3 is 4.74 Å². The lowest BCUT2D eigenvalue weighted by atomic mass is 9.93. The topological polar surface area (TPSA) is 52.4 Å². The van der Waals surface area contributed by atoms with Crippen LogP contribution in [0.5, 0.6) is 0 Å². The summed E-state index contributed by atoms with van der Waals surface area (Å²) in [6.07, 6.45) is 6.94. The average molecular weight is 209 g/mol. The first kappa shape index (κ1) is 11.7. The number of allylic oxidation sites excluding steroid dienone is 1. The monoisotopic (exact) mass is 209 g/mol. The maximum atomic E-state index is 10.6. The quantitative estimate of drug-likeness (QED) is 0.406. The van der Waals surface area contributed by atoms with Gasteiger partial charge >= 0.3 is 0 Å². The zero-order valence-corrected chi connectivity index (χ0v) is 8.97. The van der Waals surface area contributed by atoms with Crippen molar-refractivity contribution in [1.29, 1.82) is 0 Å². The van der Waals surface area contributed by atoms with Crippen LogP contribution in [0.4, 0.5) is 0 Å². The Bertz CT molecular complexity index is 331. The summed E-state index contributed by atoms with van der Waals surface area (Å²) in [7, 11) is 0. The Hall–Kier alpha value is -1.42. The molecule has 0 aromatic carbocycles. The van der Waals surface area contributed by atoms with Gasteiger partial charge in [0.2, 0.25) is 0 Å². The van der Waals surface area contributed by atoms with E-state index in [2.05, 4.69) is 6.58 Å². The Morgan fingerprint density at radius 3 is 2.87 bits per heavy atom. The predicted molar refractivity (Wildman–Crippen MR) is 58.0 cm³/mol.